The van der Waals surface area contributed by atoms with Crippen molar-refractivity contribution < 1.29 is 4.79 Å². The molecule has 1 atom stereocenters. The first-order valence-corrected chi connectivity index (χ1v) is 9.61. The molecule has 0 bridgehead atoms. The van der Waals surface area contributed by atoms with Gasteiger partial charge < -0.3 is 14.7 Å². The third kappa shape index (κ3) is 3.67. The van der Waals surface area contributed by atoms with E-state index in [1.54, 1.807) is 0 Å². The molecular formula is C21H27N5O. The highest BCUT2D eigenvalue weighted by Gasteiger charge is 2.30. The third-order valence-electron chi connectivity index (χ3n) is 5.61. The van der Waals surface area contributed by atoms with E-state index < -0.39 is 0 Å². The highest BCUT2D eigenvalue weighted by molar-refractivity contribution is 5.94. The van der Waals surface area contributed by atoms with Crippen LogP contribution < -0.4 is 4.90 Å². The molecule has 1 amide bonds. The molecule has 1 aromatic heterocycles. The van der Waals surface area contributed by atoms with E-state index in [0.29, 0.717) is 6.54 Å². The van der Waals surface area contributed by atoms with E-state index >= 15 is 0 Å². The summed E-state index contributed by atoms with van der Waals surface area (Å²) in [5, 5.41) is 0. The number of likely N-dealkylation sites (tertiary alicyclic amines) is 1. The number of fused-ring (bicyclic) bond motifs is 1. The summed E-state index contributed by atoms with van der Waals surface area (Å²) in [5.41, 5.74) is 4.26. The predicted molar refractivity (Wildman–Crippen MR) is 106 cm³/mol. The summed E-state index contributed by atoms with van der Waals surface area (Å²) < 4.78 is 0. The summed E-state index contributed by atoms with van der Waals surface area (Å²) in [6.07, 6.45) is 3.90. The molecule has 1 aromatic carbocycles. The van der Waals surface area contributed by atoms with Crippen molar-refractivity contribution in [3.63, 3.8) is 0 Å². The first kappa shape index (κ1) is 17.9. The fourth-order valence-electron chi connectivity index (χ4n) is 3.91. The fraction of sp³-hybridized carbons (Fsp3) is 0.476. The van der Waals surface area contributed by atoms with Crippen molar-refractivity contribution >= 4 is 11.6 Å². The Morgan fingerprint density at radius 1 is 1.19 bits per heavy atom. The van der Waals surface area contributed by atoms with Crippen LogP contribution >= 0.6 is 0 Å². The van der Waals surface area contributed by atoms with Gasteiger partial charge in [-0.15, -0.1) is 0 Å². The maximum absolute atomic E-state index is 12.8. The van der Waals surface area contributed by atoms with E-state index in [9.17, 15) is 4.79 Å². The molecule has 0 spiro atoms. The number of carbonyl (C=O) groups excluding carboxylic acids is 1. The summed E-state index contributed by atoms with van der Waals surface area (Å²) in [4.78, 5) is 28.6. The topological polar surface area (TPSA) is 52.6 Å². The van der Waals surface area contributed by atoms with Crippen LogP contribution in [0.1, 0.15) is 39.8 Å². The second kappa shape index (κ2) is 7.27. The van der Waals surface area contributed by atoms with Crippen LogP contribution in [0.4, 0.5) is 5.69 Å². The van der Waals surface area contributed by atoms with Crippen molar-refractivity contribution in [3.8, 4) is 0 Å². The highest BCUT2D eigenvalue weighted by Crippen LogP contribution is 2.27. The van der Waals surface area contributed by atoms with E-state index in [1.165, 1.54) is 11.3 Å². The van der Waals surface area contributed by atoms with Crippen molar-refractivity contribution in [2.45, 2.75) is 25.3 Å². The molecule has 1 saturated heterocycles. The Balaban J connectivity index is 1.44. The van der Waals surface area contributed by atoms with Gasteiger partial charge in [0.2, 0.25) is 0 Å². The number of benzene rings is 1. The summed E-state index contributed by atoms with van der Waals surface area (Å²) in [7, 11) is 6.12. The zero-order valence-corrected chi connectivity index (χ0v) is 16.4. The lowest BCUT2D eigenvalue weighted by Crippen LogP contribution is -2.29. The number of aromatic nitrogens is 2. The molecule has 0 saturated carbocycles. The summed E-state index contributed by atoms with van der Waals surface area (Å²) in [6.45, 7) is 3.44. The van der Waals surface area contributed by atoms with Gasteiger partial charge in [0.05, 0.1) is 0 Å². The van der Waals surface area contributed by atoms with Gasteiger partial charge in [0.25, 0.3) is 5.91 Å². The van der Waals surface area contributed by atoms with Gasteiger partial charge in [-0.25, -0.2) is 9.97 Å². The quantitative estimate of drug-likeness (QED) is 0.834. The second-order valence-electron chi connectivity index (χ2n) is 7.87. The highest BCUT2D eigenvalue weighted by atomic mass is 16.2. The van der Waals surface area contributed by atoms with Crippen LogP contribution in [-0.4, -0.2) is 66.5 Å². The minimum Gasteiger partial charge on any atom is -0.378 e. The number of hydrogen-bond donors (Lipinski definition) is 0. The molecule has 2 aliphatic rings. The summed E-state index contributed by atoms with van der Waals surface area (Å²) in [6, 6.07) is 7.81. The van der Waals surface area contributed by atoms with Crippen LogP contribution in [0.15, 0.2) is 30.5 Å². The van der Waals surface area contributed by atoms with Gasteiger partial charge in [-0.05, 0) is 37.7 Å². The fourth-order valence-corrected chi connectivity index (χ4v) is 3.91. The van der Waals surface area contributed by atoms with Gasteiger partial charge in [0.1, 0.15) is 5.82 Å². The van der Waals surface area contributed by atoms with E-state index in [1.807, 2.05) is 54.4 Å². The summed E-state index contributed by atoms with van der Waals surface area (Å²) >= 11 is 0. The molecule has 27 heavy (non-hydrogen) atoms. The molecule has 6 heteroatoms. The van der Waals surface area contributed by atoms with E-state index in [4.69, 9.17) is 4.98 Å². The Hall–Kier alpha value is -2.47. The molecule has 0 N–H and O–H groups in total. The number of anilines is 1. The Labute approximate surface area is 160 Å². The van der Waals surface area contributed by atoms with Crippen molar-refractivity contribution in [2.24, 2.45) is 0 Å². The van der Waals surface area contributed by atoms with Crippen LogP contribution in [0.2, 0.25) is 0 Å². The SMILES string of the molecule is CN1CCc2nc([C@H]3CCN(C(=O)c4ccc(N(C)C)cc4)C3)ncc2C1. The zero-order chi connectivity index (χ0) is 19.0. The van der Waals surface area contributed by atoms with Crippen LogP contribution in [0.3, 0.4) is 0 Å². The smallest absolute Gasteiger partial charge is 0.253 e. The number of hydrogen-bond acceptors (Lipinski definition) is 5. The van der Waals surface area contributed by atoms with Crippen molar-refractivity contribution in [3.05, 3.63) is 53.1 Å². The Kier molecular flexibility index (Phi) is 4.83. The monoisotopic (exact) mass is 365 g/mol. The standard InChI is InChI=1S/C21H27N5O/c1-24(2)18-6-4-15(5-7-18)21(27)26-11-8-16(14-26)20-22-12-17-13-25(3)10-9-19(17)23-20/h4-7,12,16H,8-11,13-14H2,1-3H3/t16-/m0/s1. The van der Waals surface area contributed by atoms with Crippen LogP contribution in [0.5, 0.6) is 0 Å². The molecule has 6 nitrogen and oxygen atoms in total. The maximum atomic E-state index is 12.8. The van der Waals surface area contributed by atoms with E-state index in [2.05, 4.69) is 16.9 Å². The molecule has 0 radical (unpaired) electrons. The Bertz CT molecular complexity index is 833. The molecule has 2 aromatic rings. The summed E-state index contributed by atoms with van der Waals surface area (Å²) in [5.74, 6) is 1.24. The third-order valence-corrected chi connectivity index (χ3v) is 5.61. The lowest BCUT2D eigenvalue weighted by atomic mass is 10.1. The van der Waals surface area contributed by atoms with Gasteiger partial charge in [-0.3, -0.25) is 4.79 Å². The normalized spacial score (nSPS) is 19.8. The number of amides is 1. The Morgan fingerprint density at radius 2 is 1.96 bits per heavy atom. The first-order valence-electron chi connectivity index (χ1n) is 9.61. The first-order chi connectivity index (χ1) is 13.0. The maximum Gasteiger partial charge on any atom is 0.253 e. The Morgan fingerprint density at radius 3 is 2.70 bits per heavy atom. The average Bonchev–Trinajstić information content (AvgIpc) is 3.17. The molecule has 0 unspecified atom stereocenters. The number of nitrogens with zero attached hydrogens (tertiary/aromatic N) is 5. The van der Waals surface area contributed by atoms with Gasteiger partial charge in [0, 0.05) is 81.3 Å². The second-order valence-corrected chi connectivity index (χ2v) is 7.87. The minimum atomic E-state index is 0.0994. The number of rotatable bonds is 3. The van der Waals surface area contributed by atoms with Crippen LogP contribution in [0, 0.1) is 0 Å². The number of likely N-dealkylation sites (N-methyl/N-ethyl adjacent to an activating group) is 1. The molecular weight excluding hydrogens is 338 g/mol. The molecule has 1 fully saturated rings. The minimum absolute atomic E-state index is 0.0994. The van der Waals surface area contributed by atoms with E-state index in [0.717, 1.165) is 49.6 Å². The van der Waals surface area contributed by atoms with Crippen LogP contribution in [-0.2, 0) is 13.0 Å². The molecule has 4 rings (SSSR count). The van der Waals surface area contributed by atoms with Crippen molar-refractivity contribution in [1.29, 1.82) is 0 Å². The molecule has 2 aliphatic heterocycles. The number of carbonyl (C=O) groups is 1. The molecule has 0 aliphatic carbocycles. The van der Waals surface area contributed by atoms with Gasteiger partial charge in [-0.1, -0.05) is 0 Å². The van der Waals surface area contributed by atoms with Gasteiger partial charge >= 0.3 is 0 Å². The van der Waals surface area contributed by atoms with E-state index in [-0.39, 0.29) is 11.8 Å². The lowest BCUT2D eigenvalue weighted by Gasteiger charge is -2.24. The molecule has 3 heterocycles. The van der Waals surface area contributed by atoms with Crippen LogP contribution in [0.25, 0.3) is 0 Å². The average molecular weight is 365 g/mol. The van der Waals surface area contributed by atoms with Gasteiger partial charge in [-0.2, -0.15) is 0 Å². The lowest BCUT2D eigenvalue weighted by molar-refractivity contribution is 0.0790. The molecule has 142 valence electrons. The van der Waals surface area contributed by atoms with Crippen molar-refractivity contribution in [1.82, 2.24) is 19.8 Å². The zero-order valence-electron chi connectivity index (χ0n) is 16.4. The largest absolute Gasteiger partial charge is 0.378 e. The van der Waals surface area contributed by atoms with Crippen molar-refractivity contribution in [2.75, 3.05) is 45.7 Å². The van der Waals surface area contributed by atoms with Gasteiger partial charge in [0.15, 0.2) is 0 Å². The predicted octanol–water partition coefficient (Wildman–Crippen LogP) is 2.16.